The highest BCUT2D eigenvalue weighted by Gasteiger charge is 2.55. The van der Waals surface area contributed by atoms with Gasteiger partial charge in [0.1, 0.15) is 0 Å². The number of hydrazine groups is 1. The quantitative estimate of drug-likeness (QED) is 0.430. The highest BCUT2D eigenvalue weighted by molar-refractivity contribution is 6.07. The largest absolute Gasteiger partial charge is 0.416 e. The van der Waals surface area contributed by atoms with Crippen molar-refractivity contribution in [3.8, 4) is 0 Å². The van der Waals surface area contributed by atoms with E-state index in [0.29, 0.717) is 30.8 Å². The van der Waals surface area contributed by atoms with E-state index in [4.69, 9.17) is 4.74 Å². The molecule has 194 valence electrons. The van der Waals surface area contributed by atoms with E-state index < -0.39 is 54.2 Å². The van der Waals surface area contributed by atoms with Crippen LogP contribution in [0.3, 0.4) is 0 Å². The van der Waals surface area contributed by atoms with Crippen LogP contribution in [0, 0.1) is 0 Å². The summed E-state index contributed by atoms with van der Waals surface area (Å²) in [5.41, 5.74) is -4.61. The predicted molar refractivity (Wildman–Crippen MR) is 115 cm³/mol. The van der Waals surface area contributed by atoms with Crippen LogP contribution in [0.4, 0.5) is 31.1 Å². The summed E-state index contributed by atoms with van der Waals surface area (Å²) in [6.07, 6.45) is -7.44. The normalized spacial score (nSPS) is 21.7. The summed E-state index contributed by atoms with van der Waals surface area (Å²) in [6.45, 7) is -0.150. The third kappa shape index (κ3) is 5.19. The van der Waals surface area contributed by atoms with Gasteiger partial charge in [0.25, 0.3) is 5.91 Å². The number of amides is 3. The summed E-state index contributed by atoms with van der Waals surface area (Å²) in [6, 6.07) is 8.66. The van der Waals surface area contributed by atoms with Gasteiger partial charge in [0, 0.05) is 13.1 Å². The number of nitrogens with zero attached hydrogens (tertiary/aromatic N) is 2. The standard InChI is InChI=1S/C24H23F6N3O3/c25-23(26,27)18-11-16(12-19(13-18)24(28,29)30)14-36-15-22(17-7-3-1-4-8-17)20(34)33(21(35)31-22)32-9-5-2-6-10-32/h1,3-4,7-8,11-13H,2,5-6,9-10,14-15H2,(H,31,35). The second kappa shape index (κ2) is 9.74. The zero-order valence-electron chi connectivity index (χ0n) is 19.0. The fraction of sp³-hybridized carbons (Fsp3) is 0.417. The van der Waals surface area contributed by atoms with Gasteiger partial charge in [-0.15, -0.1) is 0 Å². The number of carbonyl (C=O) groups is 2. The summed E-state index contributed by atoms with van der Waals surface area (Å²) in [7, 11) is 0. The molecule has 0 saturated carbocycles. The number of alkyl halides is 6. The molecule has 12 heteroatoms. The van der Waals surface area contributed by atoms with E-state index in [9.17, 15) is 35.9 Å². The number of nitrogens with one attached hydrogen (secondary N) is 1. The van der Waals surface area contributed by atoms with Crippen molar-refractivity contribution in [2.75, 3.05) is 19.7 Å². The zero-order chi connectivity index (χ0) is 26.1. The Bertz CT molecular complexity index is 1080. The second-order valence-electron chi connectivity index (χ2n) is 8.74. The Hall–Kier alpha value is -3.12. The Labute approximate surface area is 202 Å². The minimum Gasteiger partial charge on any atom is -0.373 e. The molecule has 0 radical (unpaired) electrons. The van der Waals surface area contributed by atoms with Crippen molar-refractivity contribution in [3.63, 3.8) is 0 Å². The van der Waals surface area contributed by atoms with Gasteiger partial charge >= 0.3 is 18.4 Å². The van der Waals surface area contributed by atoms with Gasteiger partial charge in [-0.05, 0) is 42.2 Å². The van der Waals surface area contributed by atoms with E-state index in [0.717, 1.165) is 24.3 Å². The third-order valence-electron chi connectivity index (χ3n) is 6.19. The molecule has 2 aromatic rings. The molecule has 36 heavy (non-hydrogen) atoms. The van der Waals surface area contributed by atoms with Gasteiger partial charge in [0.05, 0.1) is 24.3 Å². The third-order valence-corrected chi connectivity index (χ3v) is 6.19. The summed E-state index contributed by atoms with van der Waals surface area (Å²) < 4.78 is 84.7. The van der Waals surface area contributed by atoms with Crippen LogP contribution >= 0.6 is 0 Å². The van der Waals surface area contributed by atoms with Crippen molar-refractivity contribution >= 4 is 11.9 Å². The molecule has 0 aliphatic carbocycles. The van der Waals surface area contributed by atoms with Crippen molar-refractivity contribution < 1.29 is 40.7 Å². The predicted octanol–water partition coefficient (Wildman–Crippen LogP) is 5.09. The lowest BCUT2D eigenvalue weighted by molar-refractivity contribution is -0.146. The summed E-state index contributed by atoms with van der Waals surface area (Å²) >= 11 is 0. The lowest BCUT2D eigenvalue weighted by Crippen LogP contribution is -2.52. The van der Waals surface area contributed by atoms with E-state index >= 15 is 0 Å². The number of carbonyl (C=O) groups excluding carboxylic acids is 2. The maximum Gasteiger partial charge on any atom is 0.416 e. The van der Waals surface area contributed by atoms with Gasteiger partial charge in [-0.2, -0.15) is 31.4 Å². The highest BCUT2D eigenvalue weighted by atomic mass is 19.4. The molecule has 6 nitrogen and oxygen atoms in total. The second-order valence-corrected chi connectivity index (χ2v) is 8.74. The van der Waals surface area contributed by atoms with Gasteiger partial charge in [0.15, 0.2) is 5.54 Å². The Morgan fingerprint density at radius 2 is 1.44 bits per heavy atom. The van der Waals surface area contributed by atoms with Crippen LogP contribution in [0.25, 0.3) is 0 Å². The molecule has 2 aliphatic heterocycles. The molecule has 1 unspecified atom stereocenters. The molecule has 3 amide bonds. The Kier molecular flexibility index (Phi) is 7.02. The first kappa shape index (κ1) is 26.0. The SMILES string of the molecule is O=C1NC(COCc2cc(C(F)(F)F)cc(C(F)(F)F)c2)(c2ccccc2)C(=O)N1N1CCCCC1. The molecule has 1 atom stereocenters. The van der Waals surface area contributed by atoms with Gasteiger partial charge in [-0.25, -0.2) is 9.80 Å². The first-order valence-corrected chi connectivity index (χ1v) is 11.2. The van der Waals surface area contributed by atoms with Crippen LogP contribution in [0.1, 0.15) is 41.5 Å². The maximum absolute atomic E-state index is 13.6. The van der Waals surface area contributed by atoms with Crippen LogP contribution in [-0.2, 0) is 34.0 Å². The minimum absolute atomic E-state index is 0.0339. The van der Waals surface area contributed by atoms with Crippen LogP contribution in [-0.4, -0.2) is 41.7 Å². The summed E-state index contributed by atoms with van der Waals surface area (Å²) in [4.78, 5) is 26.4. The fourth-order valence-electron chi connectivity index (χ4n) is 4.42. The lowest BCUT2D eigenvalue weighted by atomic mass is 9.90. The summed E-state index contributed by atoms with van der Waals surface area (Å²) in [5.74, 6) is -0.624. The van der Waals surface area contributed by atoms with Crippen LogP contribution < -0.4 is 5.32 Å². The van der Waals surface area contributed by atoms with Crippen molar-refractivity contribution in [1.82, 2.24) is 15.3 Å². The first-order valence-electron chi connectivity index (χ1n) is 11.2. The number of ether oxygens (including phenoxy) is 1. The Balaban J connectivity index is 1.61. The van der Waals surface area contributed by atoms with Crippen molar-refractivity contribution in [2.24, 2.45) is 0 Å². The molecule has 4 rings (SSSR count). The van der Waals surface area contributed by atoms with Crippen molar-refractivity contribution in [3.05, 3.63) is 70.8 Å². The number of hydrogen-bond acceptors (Lipinski definition) is 4. The topological polar surface area (TPSA) is 61.9 Å². The molecule has 0 spiro atoms. The molecule has 2 aromatic carbocycles. The van der Waals surface area contributed by atoms with Crippen molar-refractivity contribution in [2.45, 2.75) is 43.8 Å². The molecular weight excluding hydrogens is 492 g/mol. The number of piperidine rings is 1. The molecule has 2 saturated heterocycles. The van der Waals surface area contributed by atoms with E-state index in [1.54, 1.807) is 35.3 Å². The molecule has 0 bridgehead atoms. The number of hydrogen-bond donors (Lipinski definition) is 1. The van der Waals surface area contributed by atoms with Gasteiger partial charge in [0.2, 0.25) is 0 Å². The molecule has 2 fully saturated rings. The van der Waals surface area contributed by atoms with E-state index in [1.807, 2.05) is 0 Å². The monoisotopic (exact) mass is 515 g/mol. The molecular formula is C24H23F6N3O3. The zero-order valence-corrected chi connectivity index (χ0v) is 19.0. The number of benzene rings is 2. The fourth-order valence-corrected chi connectivity index (χ4v) is 4.42. The van der Waals surface area contributed by atoms with Crippen LogP contribution in [0.2, 0.25) is 0 Å². The molecule has 0 aromatic heterocycles. The molecule has 2 heterocycles. The minimum atomic E-state index is -4.99. The number of imide groups is 1. The average Bonchev–Trinajstić information content (AvgIpc) is 3.09. The maximum atomic E-state index is 13.6. The highest BCUT2D eigenvalue weighted by Crippen LogP contribution is 2.37. The summed E-state index contributed by atoms with van der Waals surface area (Å²) in [5, 5.41) is 5.30. The molecule has 2 aliphatic rings. The van der Waals surface area contributed by atoms with Gasteiger partial charge in [-0.3, -0.25) is 4.79 Å². The average molecular weight is 515 g/mol. The van der Waals surface area contributed by atoms with Crippen LogP contribution in [0.5, 0.6) is 0 Å². The van der Waals surface area contributed by atoms with Gasteiger partial charge in [-0.1, -0.05) is 36.8 Å². The number of urea groups is 1. The van der Waals surface area contributed by atoms with E-state index in [2.05, 4.69) is 5.32 Å². The molecule has 1 N–H and O–H groups in total. The lowest BCUT2D eigenvalue weighted by Gasteiger charge is -2.33. The van der Waals surface area contributed by atoms with E-state index in [1.165, 1.54) is 0 Å². The smallest absolute Gasteiger partial charge is 0.373 e. The number of rotatable bonds is 6. The Morgan fingerprint density at radius 3 is 2.00 bits per heavy atom. The Morgan fingerprint density at radius 1 is 0.861 bits per heavy atom. The number of halogens is 6. The first-order chi connectivity index (χ1) is 16.9. The van der Waals surface area contributed by atoms with Gasteiger partial charge < -0.3 is 10.1 Å². The van der Waals surface area contributed by atoms with Crippen LogP contribution in [0.15, 0.2) is 48.5 Å². The van der Waals surface area contributed by atoms with Crippen molar-refractivity contribution in [1.29, 1.82) is 0 Å². The van der Waals surface area contributed by atoms with E-state index in [-0.39, 0.29) is 11.6 Å².